The van der Waals surface area contributed by atoms with E-state index in [0.29, 0.717) is 30.8 Å². The molecule has 0 aromatic heterocycles. The summed E-state index contributed by atoms with van der Waals surface area (Å²) in [5.41, 5.74) is -2.82. The SMILES string of the molecule is O=C1NCCN1CCOc1ccc2c(c1)C(O)(C(F)(F)F)c1ccccc1-2. The van der Waals surface area contributed by atoms with Crippen LogP contribution in [-0.2, 0) is 5.60 Å². The third-order valence-corrected chi connectivity index (χ3v) is 4.97. The number of alkyl halides is 3. The van der Waals surface area contributed by atoms with Gasteiger partial charge in [0.2, 0.25) is 5.60 Å². The van der Waals surface area contributed by atoms with Crippen LogP contribution in [0.2, 0.25) is 0 Å². The maximum Gasteiger partial charge on any atom is 0.425 e. The van der Waals surface area contributed by atoms with Crippen molar-refractivity contribution in [2.24, 2.45) is 0 Å². The molecule has 4 rings (SSSR count). The van der Waals surface area contributed by atoms with E-state index in [-0.39, 0.29) is 29.5 Å². The summed E-state index contributed by atoms with van der Waals surface area (Å²) in [5, 5.41) is 13.3. The number of carbonyl (C=O) groups is 1. The summed E-state index contributed by atoms with van der Waals surface area (Å²) in [6, 6.07) is 10.1. The van der Waals surface area contributed by atoms with Gasteiger partial charge in [0.05, 0.1) is 6.54 Å². The van der Waals surface area contributed by atoms with E-state index in [9.17, 15) is 23.1 Å². The van der Waals surface area contributed by atoms with Crippen LogP contribution in [0, 0.1) is 0 Å². The Morgan fingerprint density at radius 1 is 1.15 bits per heavy atom. The van der Waals surface area contributed by atoms with Crippen molar-refractivity contribution in [3.63, 3.8) is 0 Å². The number of rotatable bonds is 4. The van der Waals surface area contributed by atoms with Crippen molar-refractivity contribution in [2.45, 2.75) is 11.8 Å². The molecule has 0 spiro atoms. The van der Waals surface area contributed by atoms with Crippen molar-refractivity contribution in [1.29, 1.82) is 0 Å². The van der Waals surface area contributed by atoms with Crippen molar-refractivity contribution in [3.05, 3.63) is 53.6 Å². The first-order chi connectivity index (χ1) is 12.8. The lowest BCUT2D eigenvalue weighted by atomic mass is 9.91. The minimum atomic E-state index is -4.87. The second-order valence-electron chi connectivity index (χ2n) is 6.53. The van der Waals surface area contributed by atoms with Crippen LogP contribution in [0.4, 0.5) is 18.0 Å². The van der Waals surface area contributed by atoms with Crippen LogP contribution in [-0.4, -0.2) is 48.5 Å². The van der Waals surface area contributed by atoms with Gasteiger partial charge in [-0.15, -0.1) is 0 Å². The molecule has 27 heavy (non-hydrogen) atoms. The molecule has 2 aromatic carbocycles. The first-order valence-corrected chi connectivity index (χ1v) is 8.51. The van der Waals surface area contributed by atoms with Crippen molar-refractivity contribution in [2.75, 3.05) is 26.2 Å². The molecule has 1 aliphatic carbocycles. The molecule has 1 saturated heterocycles. The van der Waals surface area contributed by atoms with Crippen molar-refractivity contribution in [1.82, 2.24) is 10.2 Å². The molecule has 1 atom stereocenters. The molecular formula is C19H17F3N2O3. The predicted molar refractivity (Wildman–Crippen MR) is 91.4 cm³/mol. The van der Waals surface area contributed by atoms with Gasteiger partial charge >= 0.3 is 12.2 Å². The number of hydrogen-bond acceptors (Lipinski definition) is 3. The average Bonchev–Trinajstić information content (AvgIpc) is 3.15. The summed E-state index contributed by atoms with van der Waals surface area (Å²) in [6.45, 7) is 1.60. The highest BCUT2D eigenvalue weighted by atomic mass is 19.4. The molecule has 1 aliphatic heterocycles. The lowest BCUT2D eigenvalue weighted by molar-refractivity contribution is -0.246. The Morgan fingerprint density at radius 3 is 2.59 bits per heavy atom. The van der Waals surface area contributed by atoms with Gasteiger partial charge in [0.25, 0.3) is 0 Å². The number of benzene rings is 2. The van der Waals surface area contributed by atoms with E-state index >= 15 is 0 Å². The standard InChI is InChI=1S/C19H17F3N2O3/c20-19(21,22)18(26)15-4-2-1-3-13(15)14-6-5-12(11-16(14)18)27-10-9-24-8-7-23-17(24)25/h1-6,11,26H,7-10H2,(H,23,25). The minimum absolute atomic E-state index is 0.142. The smallest absolute Gasteiger partial charge is 0.425 e. The van der Waals surface area contributed by atoms with Crippen LogP contribution < -0.4 is 10.1 Å². The highest BCUT2D eigenvalue weighted by molar-refractivity contribution is 5.81. The van der Waals surface area contributed by atoms with Gasteiger partial charge in [-0.25, -0.2) is 4.79 Å². The number of nitrogens with one attached hydrogen (secondary N) is 1. The zero-order valence-electron chi connectivity index (χ0n) is 14.2. The monoisotopic (exact) mass is 378 g/mol. The van der Waals surface area contributed by atoms with Gasteiger partial charge in [-0.05, 0) is 23.3 Å². The number of halogens is 3. The third-order valence-electron chi connectivity index (χ3n) is 4.97. The molecule has 2 N–H and O–H groups in total. The van der Waals surface area contributed by atoms with Crippen LogP contribution in [0.25, 0.3) is 11.1 Å². The lowest BCUT2D eigenvalue weighted by Gasteiger charge is -2.28. The molecule has 1 fully saturated rings. The fourth-order valence-corrected chi connectivity index (χ4v) is 3.63. The molecule has 2 aliphatic rings. The Balaban J connectivity index is 1.62. The van der Waals surface area contributed by atoms with E-state index in [4.69, 9.17) is 4.74 Å². The normalized spacial score (nSPS) is 21.0. The molecule has 5 nitrogen and oxygen atoms in total. The highest BCUT2D eigenvalue weighted by Gasteiger charge is 2.60. The Labute approximate surface area is 153 Å². The topological polar surface area (TPSA) is 61.8 Å². The fraction of sp³-hybridized carbons (Fsp3) is 0.316. The number of amides is 2. The van der Waals surface area contributed by atoms with Gasteiger partial charge in [0.1, 0.15) is 12.4 Å². The molecule has 0 bridgehead atoms. The van der Waals surface area contributed by atoms with E-state index in [0.717, 1.165) is 0 Å². The van der Waals surface area contributed by atoms with Gasteiger partial charge in [-0.3, -0.25) is 0 Å². The molecule has 2 amide bonds. The average molecular weight is 378 g/mol. The van der Waals surface area contributed by atoms with Gasteiger partial charge in [-0.1, -0.05) is 30.3 Å². The zero-order chi connectivity index (χ0) is 19.2. The van der Waals surface area contributed by atoms with E-state index in [1.165, 1.54) is 24.3 Å². The summed E-state index contributed by atoms with van der Waals surface area (Å²) in [5.74, 6) is 0.212. The molecule has 142 valence electrons. The first kappa shape index (κ1) is 17.7. The van der Waals surface area contributed by atoms with Gasteiger partial charge in [0.15, 0.2) is 0 Å². The summed E-state index contributed by atoms with van der Waals surface area (Å²) < 4.78 is 46.9. The number of carbonyl (C=O) groups excluding carboxylic acids is 1. The van der Waals surface area contributed by atoms with E-state index in [2.05, 4.69) is 5.32 Å². The first-order valence-electron chi connectivity index (χ1n) is 8.51. The summed E-state index contributed by atoms with van der Waals surface area (Å²) in [4.78, 5) is 13.1. The molecule has 1 heterocycles. The molecular weight excluding hydrogens is 361 g/mol. The molecule has 0 saturated carbocycles. The quantitative estimate of drug-likeness (QED) is 0.860. The second-order valence-corrected chi connectivity index (χ2v) is 6.53. The van der Waals surface area contributed by atoms with E-state index in [1.807, 2.05) is 0 Å². The number of hydrogen-bond donors (Lipinski definition) is 2. The van der Waals surface area contributed by atoms with Crippen LogP contribution in [0.15, 0.2) is 42.5 Å². The van der Waals surface area contributed by atoms with Crippen molar-refractivity contribution >= 4 is 6.03 Å². The van der Waals surface area contributed by atoms with Gasteiger partial charge < -0.3 is 20.1 Å². The maximum absolute atomic E-state index is 13.8. The Morgan fingerprint density at radius 2 is 1.89 bits per heavy atom. The largest absolute Gasteiger partial charge is 0.492 e. The van der Waals surface area contributed by atoms with Crippen LogP contribution in [0.3, 0.4) is 0 Å². The maximum atomic E-state index is 13.8. The summed E-state index contributed by atoms with van der Waals surface area (Å²) >= 11 is 0. The van der Waals surface area contributed by atoms with Crippen molar-refractivity contribution < 1.29 is 27.8 Å². The van der Waals surface area contributed by atoms with Crippen LogP contribution in [0.1, 0.15) is 11.1 Å². The number of fused-ring (bicyclic) bond motifs is 3. The second kappa shape index (κ2) is 6.16. The summed E-state index contributed by atoms with van der Waals surface area (Å²) in [6.07, 6.45) is -4.87. The van der Waals surface area contributed by atoms with Crippen LogP contribution in [0.5, 0.6) is 5.75 Å². The molecule has 0 radical (unpaired) electrons. The number of nitrogens with zero attached hydrogens (tertiary/aromatic N) is 1. The number of aliphatic hydroxyl groups is 1. The molecule has 2 aromatic rings. The van der Waals surface area contributed by atoms with Crippen LogP contribution >= 0.6 is 0 Å². The molecule has 8 heteroatoms. The van der Waals surface area contributed by atoms with E-state index < -0.39 is 11.8 Å². The highest BCUT2D eigenvalue weighted by Crippen LogP contribution is 2.55. The van der Waals surface area contributed by atoms with Gasteiger partial charge in [-0.2, -0.15) is 13.2 Å². The van der Waals surface area contributed by atoms with Crippen molar-refractivity contribution in [3.8, 4) is 16.9 Å². The van der Waals surface area contributed by atoms with Gasteiger partial charge in [0, 0.05) is 24.2 Å². The fourth-order valence-electron chi connectivity index (χ4n) is 3.63. The lowest BCUT2D eigenvalue weighted by Crippen LogP contribution is -2.41. The predicted octanol–water partition coefficient (Wildman–Crippen LogP) is 2.87. The Hall–Kier alpha value is -2.74. The Kier molecular flexibility index (Phi) is 4.03. The number of urea groups is 1. The van der Waals surface area contributed by atoms with E-state index in [1.54, 1.807) is 23.1 Å². The molecule has 1 unspecified atom stereocenters. The minimum Gasteiger partial charge on any atom is -0.492 e. The third kappa shape index (κ3) is 2.71. The Bertz CT molecular complexity index is 900. The number of ether oxygens (including phenoxy) is 1. The zero-order valence-corrected chi connectivity index (χ0v) is 14.2. The summed E-state index contributed by atoms with van der Waals surface area (Å²) in [7, 11) is 0.